The van der Waals surface area contributed by atoms with Crippen LogP contribution in [0.4, 0.5) is 0 Å². The maximum atomic E-state index is 4.57. The standard InChI is InChI=1S/C19H26N4/c1-21-11-13-22(14-12-21)10-9-16-5-7-18(8-6-16)23-19-4-2-3-17(19)15-20-23/h5-8,15H,2-4,9-14H2,1H3. The van der Waals surface area contributed by atoms with E-state index in [1.165, 1.54) is 74.5 Å². The van der Waals surface area contributed by atoms with Crippen LogP contribution in [-0.4, -0.2) is 59.4 Å². The van der Waals surface area contributed by atoms with E-state index in [4.69, 9.17) is 0 Å². The minimum Gasteiger partial charge on any atom is -0.304 e. The van der Waals surface area contributed by atoms with Crippen molar-refractivity contribution in [3.63, 3.8) is 0 Å². The summed E-state index contributed by atoms with van der Waals surface area (Å²) in [5.74, 6) is 0. The largest absolute Gasteiger partial charge is 0.304 e. The first-order chi connectivity index (χ1) is 11.3. The van der Waals surface area contributed by atoms with Crippen molar-refractivity contribution in [2.24, 2.45) is 0 Å². The van der Waals surface area contributed by atoms with Gasteiger partial charge in [0.05, 0.1) is 11.9 Å². The minimum atomic E-state index is 1.14. The van der Waals surface area contributed by atoms with E-state index in [0.717, 1.165) is 6.42 Å². The molecule has 4 nitrogen and oxygen atoms in total. The van der Waals surface area contributed by atoms with Crippen molar-refractivity contribution in [1.82, 2.24) is 19.6 Å². The molecule has 2 aromatic rings. The third-order valence-corrected chi connectivity index (χ3v) is 5.31. The van der Waals surface area contributed by atoms with Crippen molar-refractivity contribution in [2.45, 2.75) is 25.7 Å². The van der Waals surface area contributed by atoms with Gasteiger partial charge in [0.2, 0.25) is 0 Å². The zero-order valence-corrected chi connectivity index (χ0v) is 14.0. The number of hydrogen-bond acceptors (Lipinski definition) is 3. The Morgan fingerprint density at radius 1 is 1.00 bits per heavy atom. The SMILES string of the molecule is CN1CCN(CCc2ccc(-n3ncc4c3CCC4)cc2)CC1. The third-order valence-electron chi connectivity index (χ3n) is 5.31. The highest BCUT2D eigenvalue weighted by Crippen LogP contribution is 2.24. The molecule has 1 aliphatic heterocycles. The van der Waals surface area contributed by atoms with E-state index < -0.39 is 0 Å². The molecule has 1 fully saturated rings. The first kappa shape index (κ1) is 14.9. The molecule has 0 spiro atoms. The van der Waals surface area contributed by atoms with Crippen LogP contribution in [0, 0.1) is 0 Å². The van der Waals surface area contributed by atoms with Crippen molar-refractivity contribution < 1.29 is 0 Å². The van der Waals surface area contributed by atoms with Gasteiger partial charge in [-0.25, -0.2) is 4.68 Å². The fourth-order valence-corrected chi connectivity index (χ4v) is 3.71. The predicted molar refractivity (Wildman–Crippen MR) is 93.2 cm³/mol. The highest BCUT2D eigenvalue weighted by molar-refractivity contribution is 5.38. The Labute approximate surface area is 138 Å². The molecule has 0 N–H and O–H groups in total. The van der Waals surface area contributed by atoms with Crippen LogP contribution < -0.4 is 0 Å². The summed E-state index contributed by atoms with van der Waals surface area (Å²) in [5, 5.41) is 4.57. The van der Waals surface area contributed by atoms with Gasteiger partial charge < -0.3 is 9.80 Å². The third kappa shape index (κ3) is 3.19. The van der Waals surface area contributed by atoms with Crippen LogP contribution in [0.15, 0.2) is 30.5 Å². The van der Waals surface area contributed by atoms with Crippen molar-refractivity contribution in [3.05, 3.63) is 47.3 Å². The van der Waals surface area contributed by atoms with Gasteiger partial charge in [0.25, 0.3) is 0 Å². The highest BCUT2D eigenvalue weighted by atomic mass is 15.3. The van der Waals surface area contributed by atoms with Gasteiger partial charge in [-0.1, -0.05) is 12.1 Å². The van der Waals surface area contributed by atoms with E-state index in [0.29, 0.717) is 0 Å². The predicted octanol–water partition coefficient (Wildman–Crippen LogP) is 2.15. The van der Waals surface area contributed by atoms with Gasteiger partial charge in [-0.3, -0.25) is 0 Å². The van der Waals surface area contributed by atoms with E-state index in [1.54, 1.807) is 0 Å². The Balaban J connectivity index is 1.38. The smallest absolute Gasteiger partial charge is 0.0649 e. The molecule has 0 saturated carbocycles. The Morgan fingerprint density at radius 3 is 2.57 bits per heavy atom. The number of likely N-dealkylation sites (N-methyl/N-ethyl adjacent to an activating group) is 1. The van der Waals surface area contributed by atoms with Crippen LogP contribution in [0.1, 0.15) is 23.2 Å². The minimum absolute atomic E-state index is 1.14. The van der Waals surface area contributed by atoms with Crippen LogP contribution in [-0.2, 0) is 19.3 Å². The second kappa shape index (κ2) is 6.46. The number of aryl methyl sites for hydroxylation is 1. The summed E-state index contributed by atoms with van der Waals surface area (Å²) in [5.41, 5.74) is 5.48. The van der Waals surface area contributed by atoms with E-state index in [1.807, 2.05) is 6.20 Å². The van der Waals surface area contributed by atoms with E-state index in [9.17, 15) is 0 Å². The second-order valence-electron chi connectivity index (χ2n) is 6.94. The Bertz CT molecular complexity index is 651. The lowest BCUT2D eigenvalue weighted by atomic mass is 10.1. The monoisotopic (exact) mass is 310 g/mol. The van der Waals surface area contributed by atoms with Gasteiger partial charge in [-0.05, 0) is 56.0 Å². The van der Waals surface area contributed by atoms with Crippen LogP contribution in [0.25, 0.3) is 5.69 Å². The van der Waals surface area contributed by atoms with Crippen molar-refractivity contribution in [3.8, 4) is 5.69 Å². The highest BCUT2D eigenvalue weighted by Gasteiger charge is 2.17. The fourth-order valence-electron chi connectivity index (χ4n) is 3.71. The zero-order valence-electron chi connectivity index (χ0n) is 14.0. The zero-order chi connectivity index (χ0) is 15.6. The topological polar surface area (TPSA) is 24.3 Å². The molecule has 0 unspecified atom stereocenters. The van der Waals surface area contributed by atoms with Crippen LogP contribution in [0.5, 0.6) is 0 Å². The second-order valence-corrected chi connectivity index (χ2v) is 6.94. The summed E-state index contributed by atoms with van der Waals surface area (Å²) < 4.78 is 2.13. The van der Waals surface area contributed by atoms with Gasteiger partial charge in [-0.15, -0.1) is 0 Å². The molecule has 23 heavy (non-hydrogen) atoms. The van der Waals surface area contributed by atoms with Gasteiger partial charge in [0.1, 0.15) is 0 Å². The quantitative estimate of drug-likeness (QED) is 0.865. The molecule has 1 aromatic heterocycles. The van der Waals surface area contributed by atoms with Gasteiger partial charge in [-0.2, -0.15) is 5.10 Å². The summed E-state index contributed by atoms with van der Waals surface area (Å²) in [6, 6.07) is 9.00. The molecule has 4 rings (SSSR count). The van der Waals surface area contributed by atoms with Crippen molar-refractivity contribution >= 4 is 0 Å². The first-order valence-corrected chi connectivity index (χ1v) is 8.85. The first-order valence-electron chi connectivity index (χ1n) is 8.85. The molecule has 2 heterocycles. The number of fused-ring (bicyclic) bond motifs is 1. The molecule has 0 radical (unpaired) electrons. The lowest BCUT2D eigenvalue weighted by Gasteiger charge is -2.32. The molecule has 4 heteroatoms. The number of nitrogens with zero attached hydrogens (tertiary/aromatic N) is 4. The Hall–Kier alpha value is -1.65. The van der Waals surface area contributed by atoms with E-state index >= 15 is 0 Å². The number of aromatic nitrogens is 2. The van der Waals surface area contributed by atoms with Gasteiger partial charge in [0, 0.05) is 38.4 Å². The van der Waals surface area contributed by atoms with Gasteiger partial charge in [0.15, 0.2) is 0 Å². The summed E-state index contributed by atoms with van der Waals surface area (Å²) in [6.07, 6.45) is 6.82. The van der Waals surface area contributed by atoms with Crippen molar-refractivity contribution in [2.75, 3.05) is 39.8 Å². The number of hydrogen-bond donors (Lipinski definition) is 0. The lowest BCUT2D eigenvalue weighted by Crippen LogP contribution is -2.45. The normalized spacial score (nSPS) is 19.2. The summed E-state index contributed by atoms with van der Waals surface area (Å²) in [4.78, 5) is 4.99. The van der Waals surface area contributed by atoms with E-state index in [2.05, 4.69) is 50.9 Å². The van der Waals surface area contributed by atoms with Crippen LogP contribution >= 0.6 is 0 Å². The van der Waals surface area contributed by atoms with E-state index in [-0.39, 0.29) is 0 Å². The summed E-state index contributed by atoms with van der Waals surface area (Å²) in [6.45, 7) is 5.97. The maximum Gasteiger partial charge on any atom is 0.0649 e. The molecular weight excluding hydrogens is 284 g/mol. The Kier molecular flexibility index (Phi) is 4.19. The molecule has 0 atom stereocenters. The summed E-state index contributed by atoms with van der Waals surface area (Å²) >= 11 is 0. The molecule has 1 saturated heterocycles. The average molecular weight is 310 g/mol. The fraction of sp³-hybridized carbons (Fsp3) is 0.526. The average Bonchev–Trinajstić information content (AvgIpc) is 3.18. The molecule has 122 valence electrons. The molecule has 0 bridgehead atoms. The molecule has 1 aliphatic carbocycles. The summed E-state index contributed by atoms with van der Waals surface area (Å²) in [7, 11) is 2.21. The van der Waals surface area contributed by atoms with Crippen LogP contribution in [0.2, 0.25) is 0 Å². The Morgan fingerprint density at radius 2 is 1.78 bits per heavy atom. The van der Waals surface area contributed by atoms with Gasteiger partial charge >= 0.3 is 0 Å². The maximum absolute atomic E-state index is 4.57. The molecule has 0 amide bonds. The lowest BCUT2D eigenvalue weighted by molar-refractivity contribution is 0.155. The molecular formula is C19H26N4. The number of rotatable bonds is 4. The van der Waals surface area contributed by atoms with Crippen LogP contribution in [0.3, 0.4) is 0 Å². The number of benzene rings is 1. The molecule has 2 aliphatic rings. The molecule has 1 aromatic carbocycles. The number of piperazine rings is 1. The van der Waals surface area contributed by atoms with Crippen molar-refractivity contribution in [1.29, 1.82) is 0 Å².